The molecule has 0 bridgehead atoms. The number of Topliss-reactive ketones (excluding diaryl/α,β-unsaturated/α-hetero) is 1. The molecule has 3 rings (SSSR count). The van der Waals surface area contributed by atoms with Crippen LogP contribution in [0.4, 0.5) is 0 Å². The minimum atomic E-state index is -0.972. The molecule has 5 heteroatoms. The topological polar surface area (TPSA) is 61.2 Å². The molecule has 1 aromatic heterocycles. The fourth-order valence-corrected chi connectivity index (χ4v) is 3.54. The zero-order valence-electron chi connectivity index (χ0n) is 14.8. The van der Waals surface area contributed by atoms with Crippen LogP contribution in [0, 0.1) is 0 Å². The lowest BCUT2D eigenvalue weighted by Gasteiger charge is -2.34. The number of carbonyl (C=O) groups is 2. The van der Waals surface area contributed by atoms with Gasteiger partial charge in [0.1, 0.15) is 5.69 Å². The van der Waals surface area contributed by atoms with Crippen molar-refractivity contribution in [2.75, 3.05) is 0 Å². The Kier molecular flexibility index (Phi) is 5.02. The van der Waals surface area contributed by atoms with Crippen LogP contribution in [0.15, 0.2) is 42.9 Å². The highest BCUT2D eigenvalue weighted by Crippen LogP contribution is 2.33. The van der Waals surface area contributed by atoms with E-state index in [9.17, 15) is 9.59 Å². The molecule has 0 saturated heterocycles. The van der Waals surface area contributed by atoms with E-state index in [4.69, 9.17) is 4.74 Å². The van der Waals surface area contributed by atoms with E-state index in [1.165, 1.54) is 13.1 Å². The second kappa shape index (κ2) is 7.21. The van der Waals surface area contributed by atoms with E-state index < -0.39 is 11.6 Å². The largest absolute Gasteiger partial charge is 0.446 e. The molecule has 5 nitrogen and oxygen atoms in total. The Morgan fingerprint density at radius 1 is 1.16 bits per heavy atom. The van der Waals surface area contributed by atoms with Gasteiger partial charge in [0.15, 0.2) is 11.4 Å². The molecule has 1 fully saturated rings. The van der Waals surface area contributed by atoms with Crippen LogP contribution in [-0.4, -0.2) is 26.9 Å². The Balaban J connectivity index is 1.84. The molecular weight excluding hydrogens is 316 g/mol. The summed E-state index contributed by atoms with van der Waals surface area (Å²) < 4.78 is 7.56. The normalized spacial score (nSPS) is 17.7. The number of aromatic nitrogens is 2. The zero-order chi connectivity index (χ0) is 17.9. The molecule has 2 aromatic rings. The van der Waals surface area contributed by atoms with Gasteiger partial charge in [-0.15, -0.1) is 0 Å². The van der Waals surface area contributed by atoms with Crippen LogP contribution in [0.3, 0.4) is 0 Å². The van der Waals surface area contributed by atoms with Gasteiger partial charge in [-0.1, -0.05) is 36.8 Å². The number of carbonyl (C=O) groups excluding carboxylic acids is 2. The molecule has 1 atom stereocenters. The highest BCUT2D eigenvalue weighted by Gasteiger charge is 2.41. The summed E-state index contributed by atoms with van der Waals surface area (Å²) in [5.74, 6) is -0.542. The fourth-order valence-electron chi connectivity index (χ4n) is 3.54. The van der Waals surface area contributed by atoms with Gasteiger partial charge in [0.2, 0.25) is 0 Å². The molecule has 0 N–H and O–H groups in total. The Bertz CT molecular complexity index is 745. The quantitative estimate of drug-likeness (QED) is 0.774. The molecule has 1 aliphatic carbocycles. The van der Waals surface area contributed by atoms with Crippen molar-refractivity contribution in [3.05, 3.63) is 54.1 Å². The predicted molar refractivity (Wildman–Crippen MR) is 94.4 cm³/mol. The molecule has 1 heterocycles. The van der Waals surface area contributed by atoms with Crippen molar-refractivity contribution < 1.29 is 14.3 Å². The first kappa shape index (κ1) is 17.4. The Labute approximate surface area is 148 Å². The monoisotopic (exact) mass is 340 g/mol. The van der Waals surface area contributed by atoms with E-state index in [1.807, 2.05) is 37.3 Å². The summed E-state index contributed by atoms with van der Waals surface area (Å²) >= 11 is 0. The third kappa shape index (κ3) is 3.50. The Hall–Kier alpha value is -2.43. The first-order valence-corrected chi connectivity index (χ1v) is 8.85. The van der Waals surface area contributed by atoms with Crippen molar-refractivity contribution in [3.8, 4) is 0 Å². The summed E-state index contributed by atoms with van der Waals surface area (Å²) in [5.41, 5.74) is 0.483. The lowest BCUT2D eigenvalue weighted by atomic mass is 9.82. The van der Waals surface area contributed by atoms with Crippen molar-refractivity contribution in [1.29, 1.82) is 0 Å². The summed E-state index contributed by atoms with van der Waals surface area (Å²) in [6.07, 6.45) is 7.26. The van der Waals surface area contributed by atoms with Crippen LogP contribution >= 0.6 is 0 Å². The number of hydrogen-bond donors (Lipinski definition) is 0. The van der Waals surface area contributed by atoms with Gasteiger partial charge >= 0.3 is 5.97 Å². The number of ketones is 1. The first-order chi connectivity index (χ1) is 12.0. The Morgan fingerprint density at radius 2 is 1.84 bits per heavy atom. The predicted octanol–water partition coefficient (Wildman–Crippen LogP) is 3.94. The molecule has 0 spiro atoms. The van der Waals surface area contributed by atoms with Gasteiger partial charge in [-0.25, -0.2) is 9.78 Å². The maximum Gasteiger partial charge on any atom is 0.357 e. The number of benzene rings is 1. The molecular formula is C20H24N2O3. The number of esters is 1. The van der Waals surface area contributed by atoms with Crippen molar-refractivity contribution in [1.82, 2.24) is 9.55 Å². The lowest BCUT2D eigenvalue weighted by molar-refractivity contribution is -0.139. The molecule has 1 aliphatic rings. The Morgan fingerprint density at radius 3 is 2.48 bits per heavy atom. The SMILES string of the molecule is CC(=O)C1(OC(=O)c2cncn2[C@H](C)c2ccccc2)CCCCC1. The molecule has 0 radical (unpaired) electrons. The van der Waals surface area contributed by atoms with Gasteiger partial charge in [0, 0.05) is 0 Å². The minimum Gasteiger partial charge on any atom is -0.446 e. The molecule has 132 valence electrons. The second-order valence-electron chi connectivity index (χ2n) is 6.77. The van der Waals surface area contributed by atoms with Crippen LogP contribution in [0.1, 0.15) is 68.0 Å². The average molecular weight is 340 g/mol. The first-order valence-electron chi connectivity index (χ1n) is 8.85. The van der Waals surface area contributed by atoms with Gasteiger partial charge in [-0.2, -0.15) is 0 Å². The van der Waals surface area contributed by atoms with Crippen molar-refractivity contribution in [3.63, 3.8) is 0 Å². The molecule has 25 heavy (non-hydrogen) atoms. The van der Waals surface area contributed by atoms with Gasteiger partial charge in [-0.05, 0) is 45.1 Å². The lowest BCUT2D eigenvalue weighted by Crippen LogP contribution is -2.44. The standard InChI is InChI=1S/C20H24N2O3/c1-15(17-9-5-3-6-10-17)22-14-21-13-18(22)19(24)25-20(16(2)23)11-7-4-8-12-20/h3,5-6,9-10,13-15H,4,7-8,11-12H2,1-2H3/t15-/m1/s1. The number of imidazole rings is 1. The maximum absolute atomic E-state index is 12.8. The summed E-state index contributed by atoms with van der Waals surface area (Å²) in [6, 6.07) is 9.86. The van der Waals surface area contributed by atoms with E-state index in [-0.39, 0.29) is 11.8 Å². The highest BCUT2D eigenvalue weighted by atomic mass is 16.6. The van der Waals surface area contributed by atoms with Gasteiger partial charge in [0.05, 0.1) is 18.6 Å². The van der Waals surface area contributed by atoms with Crippen molar-refractivity contribution in [2.45, 2.75) is 57.6 Å². The number of hydrogen-bond acceptors (Lipinski definition) is 4. The van der Waals surface area contributed by atoms with Crippen LogP contribution < -0.4 is 0 Å². The van der Waals surface area contributed by atoms with Gasteiger partial charge in [0.25, 0.3) is 0 Å². The van der Waals surface area contributed by atoms with Crippen LogP contribution in [-0.2, 0) is 9.53 Å². The average Bonchev–Trinajstić information content (AvgIpc) is 3.12. The van der Waals surface area contributed by atoms with Gasteiger partial charge < -0.3 is 9.30 Å². The number of rotatable bonds is 5. The fraction of sp³-hybridized carbons (Fsp3) is 0.450. The summed E-state index contributed by atoms with van der Waals surface area (Å²) in [7, 11) is 0. The number of nitrogens with zero attached hydrogens (tertiary/aromatic N) is 2. The minimum absolute atomic E-state index is 0.0501. The summed E-state index contributed by atoms with van der Waals surface area (Å²) in [5, 5.41) is 0. The summed E-state index contributed by atoms with van der Waals surface area (Å²) in [6.45, 7) is 3.53. The van der Waals surface area contributed by atoms with Crippen LogP contribution in [0.5, 0.6) is 0 Å². The van der Waals surface area contributed by atoms with Gasteiger partial charge in [-0.3, -0.25) is 4.79 Å². The number of ether oxygens (including phenoxy) is 1. The van der Waals surface area contributed by atoms with E-state index >= 15 is 0 Å². The molecule has 0 amide bonds. The van der Waals surface area contributed by atoms with Crippen molar-refractivity contribution in [2.24, 2.45) is 0 Å². The molecule has 1 aromatic carbocycles. The maximum atomic E-state index is 12.8. The van der Waals surface area contributed by atoms with E-state index in [0.717, 1.165) is 24.8 Å². The van der Waals surface area contributed by atoms with Crippen molar-refractivity contribution >= 4 is 11.8 Å². The molecule has 0 unspecified atom stereocenters. The molecule has 1 saturated carbocycles. The van der Waals surface area contributed by atoms with E-state index in [1.54, 1.807) is 10.9 Å². The van der Waals surface area contributed by atoms with E-state index in [2.05, 4.69) is 4.98 Å². The third-order valence-corrected chi connectivity index (χ3v) is 5.17. The van der Waals surface area contributed by atoms with Crippen LogP contribution in [0.2, 0.25) is 0 Å². The second-order valence-corrected chi connectivity index (χ2v) is 6.77. The zero-order valence-corrected chi connectivity index (χ0v) is 14.8. The summed E-state index contributed by atoms with van der Waals surface area (Å²) in [4.78, 5) is 29.1. The smallest absolute Gasteiger partial charge is 0.357 e. The third-order valence-electron chi connectivity index (χ3n) is 5.17. The van der Waals surface area contributed by atoms with E-state index in [0.29, 0.717) is 18.5 Å². The van der Waals surface area contributed by atoms with Crippen LogP contribution in [0.25, 0.3) is 0 Å². The highest BCUT2D eigenvalue weighted by molar-refractivity contribution is 5.93. The molecule has 0 aliphatic heterocycles.